The Bertz CT molecular complexity index is 599. The lowest BCUT2D eigenvalue weighted by Crippen LogP contribution is -2.28. The van der Waals surface area contributed by atoms with Crippen molar-refractivity contribution < 1.29 is 9.52 Å². The van der Waals surface area contributed by atoms with Gasteiger partial charge in [0.25, 0.3) is 5.03 Å². The topological polar surface area (TPSA) is 56.0 Å². The van der Waals surface area contributed by atoms with E-state index in [1.165, 1.54) is 23.5 Å². The maximum absolute atomic E-state index is 11.9. The summed E-state index contributed by atoms with van der Waals surface area (Å²) in [6, 6.07) is 13.0. The molecule has 0 unspecified atom stereocenters. The Morgan fingerprint density at radius 2 is 2.00 bits per heavy atom. The average molecular weight is 302 g/mol. The van der Waals surface area contributed by atoms with E-state index in [9.17, 15) is 10.0 Å². The first kappa shape index (κ1) is 15.4. The summed E-state index contributed by atoms with van der Waals surface area (Å²) in [7, 11) is 0. The minimum absolute atomic E-state index is 0.118. The number of aryl methyl sites for hydroxylation is 1. The van der Waals surface area contributed by atoms with Crippen molar-refractivity contribution >= 4 is 23.4 Å². The van der Waals surface area contributed by atoms with E-state index in [0.29, 0.717) is 5.03 Å². The molecular formula is C16H18N2O2S. The number of hydrogen-bond acceptors (Lipinski definition) is 3. The van der Waals surface area contributed by atoms with Gasteiger partial charge in [-0.2, -0.15) is 4.73 Å². The molecule has 0 saturated carbocycles. The van der Waals surface area contributed by atoms with Gasteiger partial charge in [-0.05, 0) is 41.9 Å². The van der Waals surface area contributed by atoms with E-state index in [1.807, 2.05) is 24.3 Å². The smallest absolute Gasteiger partial charge is 0.251 e. The summed E-state index contributed by atoms with van der Waals surface area (Å²) >= 11 is 1.22. The van der Waals surface area contributed by atoms with Crippen molar-refractivity contribution in [2.24, 2.45) is 0 Å². The maximum atomic E-state index is 11.9. The number of nitrogens with one attached hydrogen (secondary N) is 1. The number of thioether (sulfide) groups is 1. The molecule has 1 amide bonds. The van der Waals surface area contributed by atoms with Gasteiger partial charge in [0.2, 0.25) is 5.91 Å². The number of hydrogen-bond donors (Lipinski definition) is 1. The number of aromatic nitrogens is 1. The minimum Gasteiger partial charge on any atom is -0.618 e. The molecule has 1 aromatic carbocycles. The highest BCUT2D eigenvalue weighted by atomic mass is 32.2. The van der Waals surface area contributed by atoms with Gasteiger partial charge < -0.3 is 10.5 Å². The second-order valence-electron chi connectivity index (χ2n) is 4.65. The summed E-state index contributed by atoms with van der Waals surface area (Å²) in [5.41, 5.74) is 2.05. The van der Waals surface area contributed by atoms with Crippen LogP contribution in [0.15, 0.2) is 53.7 Å². The number of nitrogens with zero attached hydrogens (tertiary/aromatic N) is 1. The minimum atomic E-state index is -0.118. The molecule has 0 aliphatic carbocycles. The van der Waals surface area contributed by atoms with Crippen molar-refractivity contribution in [3.05, 3.63) is 59.4 Å². The van der Waals surface area contributed by atoms with Gasteiger partial charge in [-0.1, -0.05) is 25.5 Å². The van der Waals surface area contributed by atoms with Gasteiger partial charge in [-0.15, -0.1) is 0 Å². The van der Waals surface area contributed by atoms with Crippen LogP contribution in [-0.2, 0) is 11.2 Å². The van der Waals surface area contributed by atoms with Crippen molar-refractivity contribution in [3.63, 3.8) is 0 Å². The van der Waals surface area contributed by atoms with Crippen LogP contribution in [0.1, 0.15) is 18.9 Å². The number of carbonyl (C=O) groups excluding carboxylic acids is 1. The molecule has 1 N–H and O–H groups in total. The van der Waals surface area contributed by atoms with E-state index in [0.717, 1.165) is 23.3 Å². The van der Waals surface area contributed by atoms with Crippen molar-refractivity contribution in [1.82, 2.24) is 0 Å². The fraction of sp³-hybridized carbons (Fsp3) is 0.250. The Balaban J connectivity index is 1.85. The van der Waals surface area contributed by atoms with Crippen LogP contribution in [0.4, 0.5) is 5.69 Å². The molecule has 0 aliphatic heterocycles. The average Bonchev–Trinajstić information content (AvgIpc) is 2.49. The molecule has 0 spiro atoms. The fourth-order valence-electron chi connectivity index (χ4n) is 1.90. The van der Waals surface area contributed by atoms with Gasteiger partial charge in [-0.3, -0.25) is 4.79 Å². The van der Waals surface area contributed by atoms with Crippen molar-refractivity contribution in [2.45, 2.75) is 24.8 Å². The molecule has 21 heavy (non-hydrogen) atoms. The van der Waals surface area contributed by atoms with Crippen LogP contribution >= 0.6 is 11.8 Å². The van der Waals surface area contributed by atoms with Crippen molar-refractivity contribution in [1.29, 1.82) is 0 Å². The highest BCUT2D eigenvalue weighted by molar-refractivity contribution is 7.99. The number of carbonyl (C=O) groups is 1. The molecule has 2 rings (SSSR count). The highest BCUT2D eigenvalue weighted by Gasteiger charge is 2.09. The second kappa shape index (κ2) is 7.69. The van der Waals surface area contributed by atoms with Gasteiger partial charge in [-0.25, -0.2) is 0 Å². The fourth-order valence-corrected chi connectivity index (χ4v) is 2.62. The first-order valence-corrected chi connectivity index (χ1v) is 7.87. The Labute approximate surface area is 128 Å². The number of anilines is 1. The Kier molecular flexibility index (Phi) is 5.63. The highest BCUT2D eigenvalue weighted by Crippen LogP contribution is 2.15. The summed E-state index contributed by atoms with van der Waals surface area (Å²) in [4.78, 5) is 11.9. The van der Waals surface area contributed by atoms with E-state index >= 15 is 0 Å². The van der Waals surface area contributed by atoms with Crippen LogP contribution in [0.2, 0.25) is 0 Å². The molecule has 0 radical (unpaired) electrons. The maximum Gasteiger partial charge on any atom is 0.251 e. The molecule has 2 aromatic rings. The van der Waals surface area contributed by atoms with E-state index in [4.69, 9.17) is 0 Å². The third-order valence-corrected chi connectivity index (χ3v) is 3.93. The molecular weight excluding hydrogens is 284 g/mol. The summed E-state index contributed by atoms with van der Waals surface area (Å²) in [6.45, 7) is 2.14. The predicted molar refractivity (Wildman–Crippen MR) is 85.2 cm³/mol. The van der Waals surface area contributed by atoms with Crippen LogP contribution in [0.3, 0.4) is 0 Å². The first-order chi connectivity index (χ1) is 10.2. The third kappa shape index (κ3) is 4.79. The van der Waals surface area contributed by atoms with Crippen molar-refractivity contribution in [2.75, 3.05) is 11.1 Å². The first-order valence-electron chi connectivity index (χ1n) is 6.89. The lowest BCUT2D eigenvalue weighted by Gasteiger charge is -2.06. The standard InChI is InChI=1S/C16H18N2O2S/c1-2-5-13-7-9-14(10-8-13)17-15(19)12-21-16-6-3-4-11-18(16)20/h3-4,6-11H,2,5,12H2,1H3,(H,17,19). The molecule has 0 aliphatic rings. The monoisotopic (exact) mass is 302 g/mol. The van der Waals surface area contributed by atoms with E-state index in [1.54, 1.807) is 18.2 Å². The van der Waals surface area contributed by atoms with Gasteiger partial charge in [0.1, 0.15) is 0 Å². The SMILES string of the molecule is CCCc1ccc(NC(=O)CSc2cccc[n+]2[O-])cc1. The third-order valence-electron chi connectivity index (χ3n) is 2.92. The van der Waals surface area contributed by atoms with Gasteiger partial charge >= 0.3 is 0 Å². The number of amides is 1. The number of rotatable bonds is 6. The summed E-state index contributed by atoms with van der Waals surface area (Å²) in [5.74, 6) is 0.0928. The molecule has 1 heterocycles. The van der Waals surface area contributed by atoms with E-state index < -0.39 is 0 Å². The van der Waals surface area contributed by atoms with Crippen LogP contribution in [0.25, 0.3) is 0 Å². The predicted octanol–water partition coefficient (Wildman–Crippen LogP) is 3.00. The quantitative estimate of drug-likeness (QED) is 0.507. The van der Waals surface area contributed by atoms with E-state index in [-0.39, 0.29) is 11.7 Å². The summed E-state index contributed by atoms with van der Waals surface area (Å²) < 4.78 is 0.761. The van der Waals surface area contributed by atoms with Gasteiger partial charge in [0, 0.05) is 17.8 Å². The zero-order chi connectivity index (χ0) is 15.1. The van der Waals surface area contributed by atoms with Gasteiger partial charge in [0.05, 0.1) is 5.75 Å². The molecule has 0 atom stereocenters. The largest absolute Gasteiger partial charge is 0.618 e. The number of pyridine rings is 1. The molecule has 0 fully saturated rings. The molecule has 5 heteroatoms. The normalized spacial score (nSPS) is 10.3. The van der Waals surface area contributed by atoms with Crippen LogP contribution < -0.4 is 10.0 Å². The summed E-state index contributed by atoms with van der Waals surface area (Å²) in [5, 5.41) is 14.8. The Morgan fingerprint density at radius 3 is 2.67 bits per heavy atom. The van der Waals surface area contributed by atoms with Crippen molar-refractivity contribution in [3.8, 4) is 0 Å². The molecule has 0 bridgehead atoms. The number of benzene rings is 1. The second-order valence-corrected chi connectivity index (χ2v) is 5.64. The lowest BCUT2D eigenvalue weighted by molar-refractivity contribution is -0.645. The molecule has 4 nitrogen and oxygen atoms in total. The van der Waals surface area contributed by atoms with Crippen LogP contribution in [0.5, 0.6) is 0 Å². The zero-order valence-corrected chi connectivity index (χ0v) is 12.7. The molecule has 0 saturated heterocycles. The van der Waals surface area contributed by atoms with E-state index in [2.05, 4.69) is 12.2 Å². The zero-order valence-electron chi connectivity index (χ0n) is 11.9. The Hall–Kier alpha value is -2.01. The van der Waals surface area contributed by atoms with Gasteiger partial charge in [0.15, 0.2) is 6.20 Å². The summed E-state index contributed by atoms with van der Waals surface area (Å²) in [6.07, 6.45) is 3.57. The Morgan fingerprint density at radius 1 is 1.24 bits per heavy atom. The molecule has 110 valence electrons. The lowest BCUT2D eigenvalue weighted by atomic mass is 10.1. The van der Waals surface area contributed by atoms with Crippen LogP contribution in [0, 0.1) is 5.21 Å². The van der Waals surface area contributed by atoms with Crippen LogP contribution in [-0.4, -0.2) is 11.7 Å². The molecule has 1 aromatic heterocycles.